The molecule has 1 atom stereocenters. The Balaban J connectivity index is 1.37. The van der Waals surface area contributed by atoms with Crippen LogP contribution in [0.15, 0.2) is 149 Å². The van der Waals surface area contributed by atoms with Crippen molar-refractivity contribution in [2.24, 2.45) is 5.14 Å². The number of ether oxygens (including phenoxy) is 1. The molecule has 0 bridgehead atoms. The van der Waals surface area contributed by atoms with E-state index < -0.39 is 27.1 Å². The van der Waals surface area contributed by atoms with E-state index in [-0.39, 0.29) is 16.5 Å². The van der Waals surface area contributed by atoms with Crippen LogP contribution in [0.2, 0.25) is 0 Å². The van der Waals surface area contributed by atoms with E-state index in [4.69, 9.17) is 9.88 Å². The number of hydrogen-bond acceptors (Lipinski definition) is 7. The number of sulfonamides is 1. The Labute approximate surface area is 288 Å². The second-order valence-corrected chi connectivity index (χ2v) is 13.3. The molecule has 0 heterocycles. The van der Waals surface area contributed by atoms with Gasteiger partial charge in [0.25, 0.3) is 11.8 Å². The number of methoxy groups -OCH3 is 1. The zero-order chi connectivity index (χ0) is 34.8. The van der Waals surface area contributed by atoms with E-state index in [0.717, 1.165) is 5.56 Å². The molecule has 5 rings (SSSR count). The molecular weight excluding hydrogens is 661 g/mol. The third-order valence-electron chi connectivity index (χ3n) is 7.07. The Bertz CT molecular complexity index is 2090. The van der Waals surface area contributed by atoms with E-state index in [9.17, 15) is 22.8 Å². The Morgan fingerprint density at radius 1 is 0.755 bits per heavy atom. The van der Waals surface area contributed by atoms with Crippen LogP contribution >= 0.6 is 11.8 Å². The minimum atomic E-state index is -3.88. The highest BCUT2D eigenvalue weighted by Gasteiger charge is 2.23. The molecule has 12 heteroatoms. The SMILES string of the molecule is COc1cccc(/C=C(\NC(=O)c2ccccc2)C(=O)Nc2cccc(SC(C(=O)Nc3ccc(S(N)(=O)=O)cc3)c3ccccc3)c2)c1. The fourth-order valence-electron chi connectivity index (χ4n) is 4.66. The van der Waals surface area contributed by atoms with Gasteiger partial charge in [0.15, 0.2) is 0 Å². The fraction of sp³-hybridized carbons (Fsp3) is 0.0541. The predicted octanol–water partition coefficient (Wildman–Crippen LogP) is 6.22. The van der Waals surface area contributed by atoms with Crippen LogP contribution in [0.5, 0.6) is 5.75 Å². The summed E-state index contributed by atoms with van der Waals surface area (Å²) < 4.78 is 28.6. The monoisotopic (exact) mass is 692 g/mol. The summed E-state index contributed by atoms with van der Waals surface area (Å²) >= 11 is 1.26. The number of nitrogens with two attached hydrogens (primary N) is 1. The molecule has 0 saturated carbocycles. The van der Waals surface area contributed by atoms with Crippen molar-refractivity contribution >= 4 is 57.0 Å². The highest BCUT2D eigenvalue weighted by molar-refractivity contribution is 8.00. The number of carbonyl (C=O) groups is 3. The maximum atomic E-state index is 13.6. The Hall–Kier alpha value is -5.69. The number of benzene rings is 5. The summed E-state index contributed by atoms with van der Waals surface area (Å²) in [6, 6.07) is 37.4. The molecule has 0 radical (unpaired) electrons. The topological polar surface area (TPSA) is 157 Å². The molecule has 5 aromatic carbocycles. The van der Waals surface area contributed by atoms with Gasteiger partial charge in [0, 0.05) is 21.8 Å². The van der Waals surface area contributed by atoms with Gasteiger partial charge in [0.2, 0.25) is 15.9 Å². The van der Waals surface area contributed by atoms with Gasteiger partial charge in [-0.1, -0.05) is 66.7 Å². The minimum absolute atomic E-state index is 0.00940. The first-order chi connectivity index (χ1) is 23.6. The van der Waals surface area contributed by atoms with E-state index >= 15 is 0 Å². The first kappa shape index (κ1) is 34.6. The maximum absolute atomic E-state index is 13.6. The van der Waals surface area contributed by atoms with Crippen molar-refractivity contribution < 1.29 is 27.5 Å². The van der Waals surface area contributed by atoms with Crippen molar-refractivity contribution in [1.29, 1.82) is 0 Å². The van der Waals surface area contributed by atoms with Gasteiger partial charge in [0.1, 0.15) is 16.7 Å². The van der Waals surface area contributed by atoms with Crippen LogP contribution in [0.4, 0.5) is 11.4 Å². The van der Waals surface area contributed by atoms with Crippen LogP contribution < -0.4 is 25.8 Å². The normalized spacial score (nSPS) is 12.0. The standard InChI is InChI=1S/C37H32N4O6S2/c1-47-30-16-8-10-25(22-30)23-33(41-35(42)27-13-6-3-7-14-27)36(43)40-29-15-9-17-31(24-29)48-34(26-11-4-2-5-12-26)37(44)39-28-18-20-32(21-19-28)49(38,45)46/h2-24,34H,1H3,(H,39,44)(H,40,43)(H,41,42)(H2,38,45,46)/b33-23-. The summed E-state index contributed by atoms with van der Waals surface area (Å²) in [6.07, 6.45) is 1.56. The lowest BCUT2D eigenvalue weighted by atomic mass is 10.1. The van der Waals surface area contributed by atoms with Crippen LogP contribution in [0.3, 0.4) is 0 Å². The van der Waals surface area contributed by atoms with Crippen molar-refractivity contribution in [3.63, 3.8) is 0 Å². The lowest BCUT2D eigenvalue weighted by Crippen LogP contribution is -2.30. The summed E-state index contributed by atoms with van der Waals surface area (Å²) in [6.45, 7) is 0. The molecule has 49 heavy (non-hydrogen) atoms. The van der Waals surface area contributed by atoms with Gasteiger partial charge < -0.3 is 20.7 Å². The first-order valence-corrected chi connectivity index (χ1v) is 17.3. The number of carbonyl (C=O) groups excluding carboxylic acids is 3. The highest BCUT2D eigenvalue weighted by Crippen LogP contribution is 2.37. The molecule has 0 aliphatic heterocycles. The molecule has 248 valence electrons. The van der Waals surface area contributed by atoms with Crippen molar-refractivity contribution in [3.05, 3.63) is 156 Å². The van der Waals surface area contributed by atoms with Crippen molar-refractivity contribution in [3.8, 4) is 5.75 Å². The Morgan fingerprint density at radius 2 is 1.43 bits per heavy atom. The molecule has 0 aliphatic carbocycles. The summed E-state index contributed by atoms with van der Waals surface area (Å²) in [5, 5.41) is 12.9. The molecule has 0 spiro atoms. The van der Waals surface area contributed by atoms with Crippen molar-refractivity contribution in [1.82, 2.24) is 5.32 Å². The zero-order valence-electron chi connectivity index (χ0n) is 26.2. The van der Waals surface area contributed by atoms with Gasteiger partial charge in [0.05, 0.1) is 12.0 Å². The molecule has 0 aliphatic rings. The second kappa shape index (κ2) is 15.9. The Morgan fingerprint density at radius 3 is 2.10 bits per heavy atom. The van der Waals surface area contributed by atoms with Gasteiger partial charge >= 0.3 is 0 Å². The molecule has 5 aromatic rings. The highest BCUT2D eigenvalue weighted by atomic mass is 32.2. The average Bonchev–Trinajstić information content (AvgIpc) is 3.11. The molecule has 10 nitrogen and oxygen atoms in total. The molecule has 0 saturated heterocycles. The molecule has 0 fully saturated rings. The smallest absolute Gasteiger partial charge is 0.272 e. The van der Waals surface area contributed by atoms with Crippen LogP contribution in [0.1, 0.15) is 26.7 Å². The quantitative estimate of drug-likeness (QED) is 0.0893. The van der Waals surface area contributed by atoms with E-state index in [1.807, 2.05) is 36.4 Å². The maximum Gasteiger partial charge on any atom is 0.272 e. The summed E-state index contributed by atoms with van der Waals surface area (Å²) in [5.74, 6) is -0.772. The lowest BCUT2D eigenvalue weighted by Gasteiger charge is -2.18. The number of primary sulfonamides is 1. The number of nitrogens with one attached hydrogen (secondary N) is 3. The van der Waals surface area contributed by atoms with Gasteiger partial charge in [-0.05, 0) is 83.9 Å². The predicted molar refractivity (Wildman–Crippen MR) is 191 cm³/mol. The largest absolute Gasteiger partial charge is 0.497 e. The van der Waals surface area contributed by atoms with Gasteiger partial charge in [-0.25, -0.2) is 13.6 Å². The average molecular weight is 693 g/mol. The fourth-order valence-corrected chi connectivity index (χ4v) is 6.26. The number of anilines is 2. The third kappa shape index (κ3) is 9.67. The van der Waals surface area contributed by atoms with Crippen LogP contribution in [0, 0.1) is 0 Å². The number of rotatable bonds is 12. The molecular formula is C37H32N4O6S2. The third-order valence-corrected chi connectivity index (χ3v) is 9.25. The van der Waals surface area contributed by atoms with Crippen LogP contribution in [-0.4, -0.2) is 33.2 Å². The van der Waals surface area contributed by atoms with E-state index in [1.165, 1.54) is 36.0 Å². The van der Waals surface area contributed by atoms with Crippen molar-refractivity contribution in [2.45, 2.75) is 15.0 Å². The number of amides is 3. The van der Waals surface area contributed by atoms with Crippen molar-refractivity contribution in [2.75, 3.05) is 17.7 Å². The second-order valence-electron chi connectivity index (χ2n) is 10.6. The van der Waals surface area contributed by atoms with Gasteiger partial charge in [-0.3, -0.25) is 14.4 Å². The minimum Gasteiger partial charge on any atom is -0.497 e. The van der Waals surface area contributed by atoms with Gasteiger partial charge in [-0.15, -0.1) is 11.8 Å². The zero-order valence-corrected chi connectivity index (χ0v) is 27.8. The first-order valence-electron chi connectivity index (χ1n) is 14.9. The molecule has 1 unspecified atom stereocenters. The summed E-state index contributed by atoms with van der Waals surface area (Å²) in [4.78, 5) is 40.9. The molecule has 0 aromatic heterocycles. The Kier molecular flexibility index (Phi) is 11.3. The van der Waals surface area contributed by atoms with E-state index in [0.29, 0.717) is 33.1 Å². The number of thioether (sulfide) groups is 1. The van der Waals surface area contributed by atoms with E-state index in [1.54, 1.807) is 86.0 Å². The van der Waals surface area contributed by atoms with Crippen LogP contribution in [0.25, 0.3) is 6.08 Å². The summed E-state index contributed by atoms with van der Waals surface area (Å²) in [5.41, 5.74) is 2.59. The number of hydrogen-bond donors (Lipinski definition) is 4. The lowest BCUT2D eigenvalue weighted by molar-refractivity contribution is -0.116. The summed E-state index contributed by atoms with van der Waals surface area (Å²) in [7, 11) is -2.34. The van der Waals surface area contributed by atoms with Crippen LogP contribution in [-0.2, 0) is 19.6 Å². The van der Waals surface area contributed by atoms with Gasteiger partial charge in [-0.2, -0.15) is 0 Å². The van der Waals surface area contributed by atoms with E-state index in [2.05, 4.69) is 16.0 Å². The molecule has 5 N–H and O–H groups in total. The molecule has 3 amide bonds.